The third-order valence-electron chi connectivity index (χ3n) is 5.68. The van der Waals surface area contributed by atoms with Crippen molar-refractivity contribution in [3.8, 4) is 5.75 Å². The van der Waals surface area contributed by atoms with Gasteiger partial charge in [-0.25, -0.2) is 18.2 Å². The first-order valence-electron chi connectivity index (χ1n) is 10.7. The number of methoxy groups -OCH3 is 1. The van der Waals surface area contributed by atoms with Gasteiger partial charge in [0.2, 0.25) is 10.0 Å². The lowest BCUT2D eigenvalue weighted by molar-refractivity contribution is 0.182. The fraction of sp³-hybridized carbons (Fsp3) is 0.458. The second kappa shape index (κ2) is 9.50. The average molecular weight is 460 g/mol. The highest BCUT2D eigenvalue weighted by Gasteiger charge is 2.38. The van der Waals surface area contributed by atoms with Gasteiger partial charge in [-0.1, -0.05) is 57.2 Å². The SMILES string of the molecule is COc1ccc(CCN2C(=O)N(NS(C)(=O)=O)CC2Cc2ccc(C(C)(C)C)cc2)cc1. The molecule has 3 rings (SSSR count). The molecule has 1 heterocycles. The predicted molar refractivity (Wildman–Crippen MR) is 126 cm³/mol. The third kappa shape index (κ3) is 6.23. The number of urea groups is 1. The lowest BCUT2D eigenvalue weighted by Crippen LogP contribution is -2.44. The number of carbonyl (C=O) groups excluding carboxylic acids is 1. The Morgan fingerprint density at radius 3 is 2.16 bits per heavy atom. The number of ether oxygens (including phenoxy) is 1. The van der Waals surface area contributed by atoms with E-state index in [1.165, 1.54) is 10.6 Å². The molecule has 1 aliphatic rings. The first-order valence-corrected chi connectivity index (χ1v) is 12.6. The van der Waals surface area contributed by atoms with Gasteiger partial charge >= 0.3 is 6.03 Å². The van der Waals surface area contributed by atoms with E-state index in [4.69, 9.17) is 4.74 Å². The number of hydrazine groups is 1. The van der Waals surface area contributed by atoms with Gasteiger partial charge in [0.15, 0.2) is 0 Å². The zero-order chi connectivity index (χ0) is 23.5. The highest BCUT2D eigenvalue weighted by atomic mass is 32.2. The van der Waals surface area contributed by atoms with Crippen molar-refractivity contribution in [1.29, 1.82) is 0 Å². The molecule has 7 nitrogen and oxygen atoms in total. The molecule has 0 aromatic heterocycles. The van der Waals surface area contributed by atoms with Crippen molar-refractivity contribution in [2.24, 2.45) is 0 Å². The normalized spacial score (nSPS) is 17.2. The number of hydrogen-bond acceptors (Lipinski definition) is 4. The van der Waals surface area contributed by atoms with Gasteiger partial charge in [0.25, 0.3) is 0 Å². The zero-order valence-corrected chi connectivity index (χ0v) is 20.3. The number of carbonyl (C=O) groups is 1. The van der Waals surface area contributed by atoms with Gasteiger partial charge in [0.05, 0.1) is 26.0 Å². The van der Waals surface area contributed by atoms with Crippen LogP contribution in [0.25, 0.3) is 0 Å². The quantitative estimate of drug-likeness (QED) is 0.657. The molecule has 8 heteroatoms. The van der Waals surface area contributed by atoms with E-state index in [-0.39, 0.29) is 17.5 Å². The van der Waals surface area contributed by atoms with Crippen molar-refractivity contribution in [3.63, 3.8) is 0 Å². The van der Waals surface area contributed by atoms with E-state index >= 15 is 0 Å². The standard InChI is InChI=1S/C24H33N3O4S/c1-24(2,3)20-10-6-19(7-11-20)16-21-17-27(25-32(5,29)30)23(28)26(21)15-14-18-8-12-22(31-4)13-9-18/h6-13,21,25H,14-17H2,1-5H3. The topological polar surface area (TPSA) is 79.0 Å². The van der Waals surface area contributed by atoms with Gasteiger partial charge < -0.3 is 9.64 Å². The molecular weight excluding hydrogens is 426 g/mol. The summed E-state index contributed by atoms with van der Waals surface area (Å²) in [4.78, 5) is 17.1. The molecule has 1 fully saturated rings. The predicted octanol–water partition coefficient (Wildman–Crippen LogP) is 3.35. The Bertz CT molecular complexity index is 1030. The Morgan fingerprint density at radius 2 is 1.62 bits per heavy atom. The first-order chi connectivity index (χ1) is 15.0. The van der Waals surface area contributed by atoms with E-state index in [0.717, 1.165) is 23.1 Å². The minimum atomic E-state index is -3.54. The fourth-order valence-corrected chi connectivity index (χ4v) is 4.44. The van der Waals surface area contributed by atoms with E-state index in [1.54, 1.807) is 12.0 Å². The average Bonchev–Trinajstić information content (AvgIpc) is 2.99. The summed E-state index contributed by atoms with van der Waals surface area (Å²) >= 11 is 0. The molecule has 2 aromatic rings. The molecule has 1 atom stereocenters. The van der Waals surface area contributed by atoms with Crippen LogP contribution in [0.15, 0.2) is 48.5 Å². The lowest BCUT2D eigenvalue weighted by atomic mass is 9.86. The zero-order valence-electron chi connectivity index (χ0n) is 19.5. The summed E-state index contributed by atoms with van der Waals surface area (Å²) < 4.78 is 28.7. The molecule has 0 bridgehead atoms. The van der Waals surface area contributed by atoms with Gasteiger partial charge in [-0.15, -0.1) is 4.83 Å². The summed E-state index contributed by atoms with van der Waals surface area (Å²) in [6, 6.07) is 15.7. The summed E-state index contributed by atoms with van der Waals surface area (Å²) in [6.45, 7) is 7.32. The molecule has 1 N–H and O–H groups in total. The van der Waals surface area contributed by atoms with E-state index < -0.39 is 10.0 Å². The van der Waals surface area contributed by atoms with E-state index in [2.05, 4.69) is 49.9 Å². The van der Waals surface area contributed by atoms with Crippen molar-refractivity contribution < 1.29 is 17.9 Å². The van der Waals surface area contributed by atoms with Crippen LogP contribution < -0.4 is 9.57 Å². The summed E-state index contributed by atoms with van der Waals surface area (Å²) in [5.41, 5.74) is 3.52. The Balaban J connectivity index is 1.75. The fourth-order valence-electron chi connectivity index (χ4n) is 3.88. The highest BCUT2D eigenvalue weighted by Crippen LogP contribution is 2.24. The van der Waals surface area contributed by atoms with Crippen LogP contribution in [0, 0.1) is 0 Å². The summed E-state index contributed by atoms with van der Waals surface area (Å²) in [5.74, 6) is 0.783. The molecule has 1 saturated heterocycles. The van der Waals surface area contributed by atoms with E-state index in [9.17, 15) is 13.2 Å². The van der Waals surface area contributed by atoms with Gasteiger partial charge in [0, 0.05) is 6.54 Å². The van der Waals surface area contributed by atoms with Crippen molar-refractivity contribution in [3.05, 3.63) is 65.2 Å². The third-order valence-corrected chi connectivity index (χ3v) is 6.23. The molecule has 1 aliphatic heterocycles. The number of nitrogens with one attached hydrogen (secondary N) is 1. The lowest BCUT2D eigenvalue weighted by Gasteiger charge is -2.24. The minimum Gasteiger partial charge on any atom is -0.497 e. The van der Waals surface area contributed by atoms with Crippen molar-refractivity contribution in [2.75, 3.05) is 26.5 Å². The number of rotatable bonds is 8. The largest absolute Gasteiger partial charge is 0.497 e. The monoisotopic (exact) mass is 459 g/mol. The van der Waals surface area contributed by atoms with Gasteiger partial charge in [0.1, 0.15) is 5.75 Å². The summed E-state index contributed by atoms with van der Waals surface area (Å²) in [6.07, 6.45) is 2.38. The van der Waals surface area contributed by atoms with Crippen LogP contribution in [0.4, 0.5) is 4.79 Å². The van der Waals surface area contributed by atoms with Crippen LogP contribution in [0.5, 0.6) is 5.75 Å². The van der Waals surface area contributed by atoms with Crippen LogP contribution in [0.2, 0.25) is 0 Å². The first kappa shape index (κ1) is 24.1. The Hall–Kier alpha value is -2.58. The molecule has 32 heavy (non-hydrogen) atoms. The molecule has 1 unspecified atom stereocenters. The summed E-state index contributed by atoms with van der Waals surface area (Å²) in [5, 5.41) is 1.21. The number of sulfonamides is 1. The van der Waals surface area contributed by atoms with E-state index in [1.807, 2.05) is 24.3 Å². The molecular formula is C24H33N3O4S. The molecule has 2 amide bonds. The van der Waals surface area contributed by atoms with Crippen LogP contribution >= 0.6 is 0 Å². The van der Waals surface area contributed by atoms with Crippen molar-refractivity contribution in [1.82, 2.24) is 14.7 Å². The number of benzene rings is 2. The molecule has 0 saturated carbocycles. The Labute approximate surface area is 191 Å². The molecule has 0 radical (unpaired) electrons. The molecule has 174 valence electrons. The Morgan fingerprint density at radius 1 is 1.03 bits per heavy atom. The van der Waals surface area contributed by atoms with Gasteiger partial charge in [-0.3, -0.25) is 0 Å². The number of amides is 2. The van der Waals surface area contributed by atoms with Gasteiger partial charge in [-0.05, 0) is 47.1 Å². The summed E-state index contributed by atoms with van der Waals surface area (Å²) in [7, 11) is -1.92. The van der Waals surface area contributed by atoms with Crippen molar-refractivity contribution in [2.45, 2.75) is 45.1 Å². The van der Waals surface area contributed by atoms with Crippen molar-refractivity contribution >= 4 is 16.1 Å². The maximum absolute atomic E-state index is 13.0. The molecule has 2 aromatic carbocycles. The van der Waals surface area contributed by atoms with Crippen LogP contribution in [-0.4, -0.2) is 56.9 Å². The second-order valence-electron chi connectivity index (χ2n) is 9.35. The van der Waals surface area contributed by atoms with Gasteiger partial charge in [-0.2, -0.15) is 0 Å². The number of nitrogens with zero attached hydrogens (tertiary/aromatic N) is 2. The van der Waals surface area contributed by atoms with Crippen LogP contribution in [0.1, 0.15) is 37.5 Å². The van der Waals surface area contributed by atoms with E-state index in [0.29, 0.717) is 25.9 Å². The molecule has 0 aliphatic carbocycles. The Kier molecular flexibility index (Phi) is 7.15. The second-order valence-corrected chi connectivity index (χ2v) is 11.1. The maximum Gasteiger partial charge on any atom is 0.335 e. The smallest absolute Gasteiger partial charge is 0.335 e. The van der Waals surface area contributed by atoms with Crippen LogP contribution in [0.3, 0.4) is 0 Å². The molecule has 0 spiro atoms. The number of hydrogen-bond donors (Lipinski definition) is 1. The minimum absolute atomic E-state index is 0.0719. The highest BCUT2D eigenvalue weighted by molar-refractivity contribution is 7.88. The maximum atomic E-state index is 13.0. The van der Waals surface area contributed by atoms with Crippen LogP contribution in [-0.2, 0) is 28.3 Å².